The Morgan fingerprint density at radius 1 is 1.06 bits per heavy atom. The van der Waals surface area contributed by atoms with Crippen LogP contribution in [-0.4, -0.2) is 11.2 Å². The third kappa shape index (κ3) is 2.51. The largest absolute Gasteiger partial charge is 0.464 e. The maximum absolute atomic E-state index is 11.4. The van der Waals surface area contributed by atoms with Gasteiger partial charge in [-0.3, -0.25) is 0 Å². The minimum atomic E-state index is -0.977. The van der Waals surface area contributed by atoms with Crippen molar-refractivity contribution in [3.63, 3.8) is 0 Å². The van der Waals surface area contributed by atoms with Gasteiger partial charge in [0, 0.05) is 0 Å². The van der Waals surface area contributed by atoms with Gasteiger partial charge in [-0.25, -0.2) is 9.69 Å². The topological polar surface area (TPSA) is 40.5 Å². The summed E-state index contributed by atoms with van der Waals surface area (Å²) >= 11 is 0. The van der Waals surface area contributed by atoms with Crippen LogP contribution in [0.15, 0.2) is 54.6 Å². The summed E-state index contributed by atoms with van der Waals surface area (Å²) in [6.45, 7) is 2.05. The number of amides is 1. The number of hydrogen-bond acceptors (Lipinski definition) is 1. The molecule has 0 heterocycles. The molecule has 1 amide bonds. The fourth-order valence-corrected chi connectivity index (χ4v) is 1.86. The summed E-state index contributed by atoms with van der Waals surface area (Å²) in [5.74, 6) is 0. The van der Waals surface area contributed by atoms with Crippen molar-refractivity contribution in [1.29, 1.82) is 0 Å². The molecule has 2 rings (SSSR count). The standard InChI is InChI=1S/C15H15NO2/c1-2-12-7-6-10-14(11-12)16(15(17)18)13-8-4-3-5-9-13/h3-11H,2H2,1H3,(H,17,18). The first-order chi connectivity index (χ1) is 8.72. The van der Waals surface area contributed by atoms with Gasteiger partial charge in [0.1, 0.15) is 0 Å². The molecule has 0 aliphatic rings. The minimum absolute atomic E-state index is 0.651. The van der Waals surface area contributed by atoms with Gasteiger partial charge in [0.05, 0.1) is 11.4 Å². The number of nitrogens with zero attached hydrogens (tertiary/aromatic N) is 1. The van der Waals surface area contributed by atoms with E-state index in [2.05, 4.69) is 0 Å². The number of benzene rings is 2. The Bertz CT molecular complexity index is 537. The van der Waals surface area contributed by atoms with Crippen LogP contribution in [0, 0.1) is 0 Å². The van der Waals surface area contributed by atoms with Crippen LogP contribution in [0.3, 0.4) is 0 Å². The van der Waals surface area contributed by atoms with E-state index in [-0.39, 0.29) is 0 Å². The second-order valence-electron chi connectivity index (χ2n) is 3.98. The zero-order valence-electron chi connectivity index (χ0n) is 10.2. The normalized spacial score (nSPS) is 10.1. The second kappa shape index (κ2) is 5.36. The third-order valence-electron chi connectivity index (χ3n) is 2.78. The summed E-state index contributed by atoms with van der Waals surface area (Å²) in [5.41, 5.74) is 2.45. The number of aryl methyl sites for hydroxylation is 1. The highest BCUT2D eigenvalue weighted by Crippen LogP contribution is 2.26. The van der Waals surface area contributed by atoms with Crippen LogP contribution < -0.4 is 4.90 Å². The summed E-state index contributed by atoms with van der Waals surface area (Å²) in [6.07, 6.45) is -0.0923. The lowest BCUT2D eigenvalue weighted by Crippen LogP contribution is -2.23. The smallest absolute Gasteiger partial charge is 0.416 e. The van der Waals surface area contributed by atoms with Crippen molar-refractivity contribution in [2.75, 3.05) is 4.90 Å². The predicted octanol–water partition coefficient (Wildman–Crippen LogP) is 4.07. The zero-order chi connectivity index (χ0) is 13.0. The Hall–Kier alpha value is -2.29. The predicted molar refractivity (Wildman–Crippen MR) is 72.4 cm³/mol. The van der Waals surface area contributed by atoms with Crippen LogP contribution in [-0.2, 0) is 6.42 Å². The molecule has 0 aliphatic carbocycles. The molecule has 18 heavy (non-hydrogen) atoms. The lowest BCUT2D eigenvalue weighted by molar-refractivity contribution is 0.205. The van der Waals surface area contributed by atoms with E-state index in [4.69, 9.17) is 0 Å². The molecule has 92 valence electrons. The molecule has 3 nitrogen and oxygen atoms in total. The van der Waals surface area contributed by atoms with Crippen molar-refractivity contribution < 1.29 is 9.90 Å². The Morgan fingerprint density at radius 2 is 1.72 bits per heavy atom. The molecular formula is C15H15NO2. The Balaban J connectivity index is 2.45. The number of para-hydroxylation sites is 1. The fourth-order valence-electron chi connectivity index (χ4n) is 1.86. The van der Waals surface area contributed by atoms with Crippen LogP contribution in [0.4, 0.5) is 16.2 Å². The Morgan fingerprint density at radius 3 is 2.33 bits per heavy atom. The average molecular weight is 241 g/mol. The molecular weight excluding hydrogens is 226 g/mol. The van der Waals surface area contributed by atoms with Crippen molar-refractivity contribution in [1.82, 2.24) is 0 Å². The second-order valence-corrected chi connectivity index (χ2v) is 3.98. The molecule has 2 aromatic rings. The molecule has 0 fully saturated rings. The maximum atomic E-state index is 11.4. The highest BCUT2D eigenvalue weighted by Gasteiger charge is 2.16. The van der Waals surface area contributed by atoms with Crippen molar-refractivity contribution in [3.05, 3.63) is 60.2 Å². The first kappa shape index (κ1) is 12.2. The number of rotatable bonds is 3. The zero-order valence-corrected chi connectivity index (χ0v) is 10.2. The van der Waals surface area contributed by atoms with Gasteiger partial charge in [-0.2, -0.15) is 0 Å². The number of hydrogen-bond donors (Lipinski definition) is 1. The van der Waals surface area contributed by atoms with E-state index < -0.39 is 6.09 Å². The highest BCUT2D eigenvalue weighted by molar-refractivity contribution is 5.94. The molecule has 0 bridgehead atoms. The van der Waals surface area contributed by atoms with E-state index in [9.17, 15) is 9.90 Å². The Kier molecular flexibility index (Phi) is 3.63. The molecule has 0 radical (unpaired) electrons. The van der Waals surface area contributed by atoms with Gasteiger partial charge in [-0.15, -0.1) is 0 Å². The quantitative estimate of drug-likeness (QED) is 0.880. The summed E-state index contributed by atoms with van der Waals surface area (Å²) in [4.78, 5) is 12.7. The van der Waals surface area contributed by atoms with E-state index in [0.29, 0.717) is 11.4 Å². The third-order valence-corrected chi connectivity index (χ3v) is 2.78. The van der Waals surface area contributed by atoms with E-state index in [0.717, 1.165) is 12.0 Å². The molecule has 0 spiro atoms. The van der Waals surface area contributed by atoms with Gasteiger partial charge in [-0.05, 0) is 36.2 Å². The molecule has 0 unspecified atom stereocenters. The minimum Gasteiger partial charge on any atom is -0.464 e. The molecule has 0 saturated heterocycles. The molecule has 1 N–H and O–H groups in total. The van der Waals surface area contributed by atoms with Crippen LogP contribution >= 0.6 is 0 Å². The summed E-state index contributed by atoms with van der Waals surface area (Å²) in [6, 6.07) is 16.7. The van der Waals surface area contributed by atoms with Crippen molar-refractivity contribution in [2.24, 2.45) is 0 Å². The van der Waals surface area contributed by atoms with Gasteiger partial charge in [0.2, 0.25) is 0 Å². The SMILES string of the molecule is CCc1cccc(N(C(=O)O)c2ccccc2)c1. The average Bonchev–Trinajstić information content (AvgIpc) is 2.40. The van der Waals surface area contributed by atoms with E-state index in [1.807, 2.05) is 43.3 Å². The maximum Gasteiger partial charge on any atom is 0.416 e. The first-order valence-corrected chi connectivity index (χ1v) is 5.89. The van der Waals surface area contributed by atoms with Crippen molar-refractivity contribution in [3.8, 4) is 0 Å². The van der Waals surface area contributed by atoms with E-state index in [1.165, 1.54) is 4.90 Å². The van der Waals surface area contributed by atoms with Gasteiger partial charge >= 0.3 is 6.09 Å². The van der Waals surface area contributed by atoms with Crippen LogP contribution in [0.25, 0.3) is 0 Å². The Labute approximate surface area is 106 Å². The highest BCUT2D eigenvalue weighted by atomic mass is 16.4. The summed E-state index contributed by atoms with van der Waals surface area (Å²) < 4.78 is 0. The van der Waals surface area contributed by atoms with Gasteiger partial charge in [0.15, 0.2) is 0 Å². The van der Waals surface area contributed by atoms with Crippen LogP contribution in [0.5, 0.6) is 0 Å². The van der Waals surface area contributed by atoms with Crippen LogP contribution in [0.2, 0.25) is 0 Å². The summed E-state index contributed by atoms with van der Waals surface area (Å²) in [5, 5.41) is 9.37. The van der Waals surface area contributed by atoms with Crippen molar-refractivity contribution >= 4 is 17.5 Å². The molecule has 0 atom stereocenters. The van der Waals surface area contributed by atoms with Gasteiger partial charge in [0.25, 0.3) is 0 Å². The monoisotopic (exact) mass is 241 g/mol. The fraction of sp³-hybridized carbons (Fsp3) is 0.133. The molecule has 3 heteroatoms. The van der Waals surface area contributed by atoms with Gasteiger partial charge < -0.3 is 5.11 Å². The first-order valence-electron chi connectivity index (χ1n) is 5.89. The number of anilines is 2. The number of carbonyl (C=O) groups is 1. The van der Waals surface area contributed by atoms with Crippen molar-refractivity contribution in [2.45, 2.75) is 13.3 Å². The molecule has 0 aliphatic heterocycles. The lowest BCUT2D eigenvalue weighted by atomic mass is 10.1. The van der Waals surface area contributed by atoms with Crippen LogP contribution in [0.1, 0.15) is 12.5 Å². The molecule has 0 saturated carbocycles. The number of carboxylic acid groups (broad SMARTS) is 1. The van der Waals surface area contributed by atoms with E-state index >= 15 is 0 Å². The van der Waals surface area contributed by atoms with Gasteiger partial charge in [-0.1, -0.05) is 37.3 Å². The molecule has 2 aromatic carbocycles. The van der Waals surface area contributed by atoms with E-state index in [1.54, 1.807) is 18.2 Å². The lowest BCUT2D eigenvalue weighted by Gasteiger charge is -2.19. The molecule has 0 aromatic heterocycles. The summed E-state index contributed by atoms with van der Waals surface area (Å²) in [7, 11) is 0.